The zero-order chi connectivity index (χ0) is 16.6. The second-order valence-electron chi connectivity index (χ2n) is 6.23. The summed E-state index contributed by atoms with van der Waals surface area (Å²) in [7, 11) is 0. The minimum Gasteiger partial charge on any atom is -0.381 e. The molecular weight excluding hydrogens is 294 g/mol. The summed E-state index contributed by atoms with van der Waals surface area (Å²) < 4.78 is 0. The summed E-state index contributed by atoms with van der Waals surface area (Å²) in [4.78, 5) is 3.26. The third-order valence-corrected chi connectivity index (χ3v) is 4.65. The minimum absolute atomic E-state index is 0.890. The first-order valence-electron chi connectivity index (χ1n) is 8.12. The summed E-state index contributed by atoms with van der Waals surface area (Å²) in [5, 5.41) is 12.5. The Balaban J connectivity index is 1.92. The van der Waals surface area contributed by atoms with E-state index in [0.29, 0.717) is 0 Å². The monoisotopic (exact) mass is 313 g/mol. The van der Waals surface area contributed by atoms with Crippen LogP contribution in [0.2, 0.25) is 0 Å². The van der Waals surface area contributed by atoms with Crippen LogP contribution in [0.15, 0.2) is 85.1 Å². The van der Waals surface area contributed by atoms with Crippen molar-refractivity contribution in [3.05, 3.63) is 96.2 Å². The normalized spacial score (nSPS) is 13.8. The van der Waals surface area contributed by atoms with E-state index in [0.717, 1.165) is 33.2 Å². The first kappa shape index (κ1) is 14.7. The summed E-state index contributed by atoms with van der Waals surface area (Å²) in [6.07, 6.45) is 1.91. The number of fused-ring (bicyclic) bond motifs is 1. The molecule has 24 heavy (non-hydrogen) atoms. The molecule has 2 N–H and O–H groups in total. The highest BCUT2D eigenvalue weighted by atomic mass is 16.3. The van der Waals surface area contributed by atoms with Crippen LogP contribution in [0.3, 0.4) is 0 Å². The van der Waals surface area contributed by atoms with Crippen LogP contribution in [0.25, 0.3) is 22.0 Å². The lowest BCUT2D eigenvalue weighted by Gasteiger charge is -2.26. The zero-order valence-corrected chi connectivity index (χ0v) is 13.5. The molecule has 0 aliphatic carbocycles. The maximum atomic E-state index is 11.5. The maximum absolute atomic E-state index is 11.5. The summed E-state index contributed by atoms with van der Waals surface area (Å²) in [5.41, 5.74) is 3.89. The number of rotatable bonds is 3. The van der Waals surface area contributed by atoms with Crippen molar-refractivity contribution in [1.82, 2.24) is 4.98 Å². The van der Waals surface area contributed by atoms with E-state index in [1.54, 1.807) is 0 Å². The van der Waals surface area contributed by atoms with E-state index < -0.39 is 5.60 Å². The summed E-state index contributed by atoms with van der Waals surface area (Å²) in [6.45, 7) is 1.87. The Morgan fingerprint density at radius 2 is 1.42 bits per heavy atom. The van der Waals surface area contributed by atoms with Gasteiger partial charge in [-0.3, -0.25) is 0 Å². The van der Waals surface area contributed by atoms with Crippen LogP contribution >= 0.6 is 0 Å². The average molecular weight is 313 g/mol. The van der Waals surface area contributed by atoms with Gasteiger partial charge in [0, 0.05) is 22.7 Å². The SMILES string of the molecule is CC(O)(c1ccccc1-c1ccccc1)c1c[nH]c2ccccc12. The highest BCUT2D eigenvalue weighted by Crippen LogP contribution is 2.39. The van der Waals surface area contributed by atoms with Gasteiger partial charge >= 0.3 is 0 Å². The Morgan fingerprint density at radius 1 is 0.750 bits per heavy atom. The third kappa shape index (κ3) is 2.32. The van der Waals surface area contributed by atoms with Crippen molar-refractivity contribution in [2.75, 3.05) is 0 Å². The van der Waals surface area contributed by atoms with E-state index in [-0.39, 0.29) is 0 Å². The van der Waals surface area contributed by atoms with Crippen molar-refractivity contribution >= 4 is 10.9 Å². The highest BCUT2D eigenvalue weighted by Gasteiger charge is 2.30. The molecule has 1 atom stereocenters. The van der Waals surface area contributed by atoms with Crippen LogP contribution < -0.4 is 0 Å². The molecule has 2 heteroatoms. The van der Waals surface area contributed by atoms with Crippen LogP contribution in [0.5, 0.6) is 0 Å². The van der Waals surface area contributed by atoms with Crippen molar-refractivity contribution < 1.29 is 5.11 Å². The molecule has 0 fully saturated rings. The maximum Gasteiger partial charge on any atom is 0.114 e. The lowest BCUT2D eigenvalue weighted by Crippen LogP contribution is -2.23. The second-order valence-corrected chi connectivity index (χ2v) is 6.23. The van der Waals surface area contributed by atoms with E-state index in [9.17, 15) is 5.11 Å². The van der Waals surface area contributed by atoms with Crippen molar-refractivity contribution in [3.63, 3.8) is 0 Å². The predicted molar refractivity (Wildman–Crippen MR) is 98.8 cm³/mol. The van der Waals surface area contributed by atoms with E-state index in [1.807, 2.05) is 73.8 Å². The largest absolute Gasteiger partial charge is 0.381 e. The van der Waals surface area contributed by atoms with E-state index in [4.69, 9.17) is 0 Å². The smallest absolute Gasteiger partial charge is 0.114 e. The molecule has 4 rings (SSSR count). The van der Waals surface area contributed by atoms with Crippen LogP contribution in [-0.2, 0) is 5.60 Å². The van der Waals surface area contributed by atoms with Crippen LogP contribution in [0, 0.1) is 0 Å². The quantitative estimate of drug-likeness (QED) is 0.543. The Bertz CT molecular complexity index is 983. The Hall–Kier alpha value is -2.84. The Kier molecular flexibility index (Phi) is 3.47. The number of aromatic amines is 1. The molecule has 0 bridgehead atoms. The van der Waals surface area contributed by atoms with E-state index >= 15 is 0 Å². The van der Waals surface area contributed by atoms with Crippen LogP contribution in [0.4, 0.5) is 0 Å². The number of H-pyrrole nitrogens is 1. The molecule has 4 aromatic rings. The molecule has 0 amide bonds. The minimum atomic E-state index is -1.09. The van der Waals surface area contributed by atoms with Gasteiger partial charge in [0.05, 0.1) is 0 Å². The molecule has 1 aromatic heterocycles. The third-order valence-electron chi connectivity index (χ3n) is 4.65. The van der Waals surface area contributed by atoms with Gasteiger partial charge in [0.25, 0.3) is 0 Å². The van der Waals surface area contributed by atoms with Gasteiger partial charge in [-0.2, -0.15) is 0 Å². The van der Waals surface area contributed by atoms with Gasteiger partial charge in [0.2, 0.25) is 0 Å². The number of hydrogen-bond donors (Lipinski definition) is 2. The van der Waals surface area contributed by atoms with Gasteiger partial charge in [0.1, 0.15) is 5.60 Å². The standard InChI is InChI=1S/C22H19NO/c1-22(24,20-15-23-21-14-8-6-12-18(20)21)19-13-7-5-11-17(19)16-9-3-2-4-10-16/h2-15,23-24H,1H3. The molecule has 2 nitrogen and oxygen atoms in total. The van der Waals surface area contributed by atoms with Crippen LogP contribution in [-0.4, -0.2) is 10.1 Å². The molecule has 0 saturated heterocycles. The fourth-order valence-electron chi connectivity index (χ4n) is 3.40. The van der Waals surface area contributed by atoms with Gasteiger partial charge in [-0.15, -0.1) is 0 Å². The van der Waals surface area contributed by atoms with Gasteiger partial charge < -0.3 is 10.1 Å². The number of benzene rings is 3. The molecular formula is C22H19NO. The van der Waals surface area contributed by atoms with E-state index in [1.165, 1.54) is 0 Å². The number of para-hydroxylation sites is 1. The zero-order valence-electron chi connectivity index (χ0n) is 13.5. The molecule has 0 aliphatic rings. The number of hydrogen-bond acceptors (Lipinski definition) is 1. The topological polar surface area (TPSA) is 36.0 Å². The second kappa shape index (κ2) is 5.66. The predicted octanol–water partition coefficient (Wildman–Crippen LogP) is 5.09. The molecule has 0 saturated carbocycles. The fraction of sp³-hybridized carbons (Fsp3) is 0.0909. The van der Waals surface area contributed by atoms with Crippen molar-refractivity contribution in [2.45, 2.75) is 12.5 Å². The van der Waals surface area contributed by atoms with E-state index in [2.05, 4.69) is 23.2 Å². The highest BCUT2D eigenvalue weighted by molar-refractivity contribution is 5.85. The molecule has 0 radical (unpaired) electrons. The first-order valence-corrected chi connectivity index (χ1v) is 8.12. The van der Waals surface area contributed by atoms with Gasteiger partial charge in [-0.25, -0.2) is 0 Å². The van der Waals surface area contributed by atoms with Crippen molar-refractivity contribution in [3.8, 4) is 11.1 Å². The lowest BCUT2D eigenvalue weighted by atomic mass is 9.83. The van der Waals surface area contributed by atoms with Gasteiger partial charge in [-0.05, 0) is 29.7 Å². The number of aromatic nitrogens is 1. The molecule has 3 aromatic carbocycles. The average Bonchev–Trinajstić information content (AvgIpc) is 3.07. The lowest BCUT2D eigenvalue weighted by molar-refractivity contribution is 0.104. The summed E-state index contributed by atoms with van der Waals surface area (Å²) >= 11 is 0. The molecule has 0 aliphatic heterocycles. The molecule has 0 spiro atoms. The van der Waals surface area contributed by atoms with Crippen molar-refractivity contribution in [2.24, 2.45) is 0 Å². The van der Waals surface area contributed by atoms with Gasteiger partial charge in [0.15, 0.2) is 0 Å². The molecule has 118 valence electrons. The Morgan fingerprint density at radius 3 is 2.25 bits per heavy atom. The molecule has 1 heterocycles. The Labute approximate surface area is 141 Å². The fourth-order valence-corrected chi connectivity index (χ4v) is 3.40. The van der Waals surface area contributed by atoms with Crippen LogP contribution in [0.1, 0.15) is 18.1 Å². The first-order chi connectivity index (χ1) is 11.7. The summed E-state index contributed by atoms with van der Waals surface area (Å²) in [6, 6.07) is 26.3. The molecule has 1 unspecified atom stereocenters. The number of aliphatic hydroxyl groups is 1. The van der Waals surface area contributed by atoms with Crippen molar-refractivity contribution in [1.29, 1.82) is 0 Å². The van der Waals surface area contributed by atoms with Gasteiger partial charge in [-0.1, -0.05) is 72.8 Å². The summed E-state index contributed by atoms with van der Waals surface area (Å²) in [5.74, 6) is 0. The number of nitrogens with one attached hydrogen (secondary N) is 1.